The Hall–Kier alpha value is -0.730. The molecule has 0 aromatic rings. The Morgan fingerprint density at radius 1 is 1.67 bits per heavy atom. The normalized spacial score (nSPS) is 26.1. The first-order valence-electron chi connectivity index (χ1n) is 3.24. The van der Waals surface area contributed by atoms with Crippen LogP contribution in [0, 0.1) is 5.92 Å². The molecule has 2 N–H and O–H groups in total. The highest BCUT2D eigenvalue weighted by Gasteiger charge is 2.21. The summed E-state index contributed by atoms with van der Waals surface area (Å²) in [6.45, 7) is 4.96. The van der Waals surface area contributed by atoms with Crippen LogP contribution in [0.1, 0.15) is 13.8 Å². The second kappa shape index (κ2) is 2.25. The third-order valence-corrected chi connectivity index (χ3v) is 1.60. The SMILES string of the molecule is CC(C)[C@H]1CNC(=O)N1. The van der Waals surface area contributed by atoms with E-state index in [9.17, 15) is 4.79 Å². The van der Waals surface area contributed by atoms with Crippen LogP contribution < -0.4 is 10.6 Å². The molecule has 0 aromatic carbocycles. The predicted octanol–water partition coefficient (Wildman–Crippen LogP) is 0.324. The summed E-state index contributed by atoms with van der Waals surface area (Å²) >= 11 is 0. The molecular formula is C6H12N2O. The summed E-state index contributed by atoms with van der Waals surface area (Å²) in [5.41, 5.74) is 0. The molecule has 0 spiro atoms. The first-order chi connectivity index (χ1) is 4.20. The Balaban J connectivity index is 2.39. The van der Waals surface area contributed by atoms with Gasteiger partial charge in [-0.1, -0.05) is 13.8 Å². The maximum absolute atomic E-state index is 10.5. The highest BCUT2D eigenvalue weighted by molar-refractivity contribution is 5.76. The van der Waals surface area contributed by atoms with Crippen molar-refractivity contribution in [2.75, 3.05) is 6.54 Å². The van der Waals surface area contributed by atoms with Crippen molar-refractivity contribution in [2.45, 2.75) is 19.9 Å². The third kappa shape index (κ3) is 1.34. The molecule has 0 aromatic heterocycles. The highest BCUT2D eigenvalue weighted by atomic mass is 16.2. The number of hydrogen-bond donors (Lipinski definition) is 2. The van der Waals surface area contributed by atoms with Crippen LogP contribution in [0.15, 0.2) is 0 Å². The van der Waals surface area contributed by atoms with E-state index in [0.29, 0.717) is 12.0 Å². The highest BCUT2D eigenvalue weighted by Crippen LogP contribution is 2.02. The molecule has 3 heteroatoms. The largest absolute Gasteiger partial charge is 0.336 e. The minimum Gasteiger partial charge on any atom is -0.336 e. The van der Waals surface area contributed by atoms with Crippen molar-refractivity contribution in [3.8, 4) is 0 Å². The lowest BCUT2D eigenvalue weighted by Gasteiger charge is -2.10. The van der Waals surface area contributed by atoms with E-state index in [2.05, 4.69) is 24.5 Å². The monoisotopic (exact) mass is 128 g/mol. The molecule has 0 unspecified atom stereocenters. The Kier molecular flexibility index (Phi) is 1.60. The van der Waals surface area contributed by atoms with Gasteiger partial charge in [-0.25, -0.2) is 4.79 Å². The number of rotatable bonds is 1. The first-order valence-corrected chi connectivity index (χ1v) is 3.24. The van der Waals surface area contributed by atoms with E-state index in [1.165, 1.54) is 0 Å². The Labute approximate surface area is 54.8 Å². The number of carbonyl (C=O) groups is 1. The Morgan fingerprint density at radius 2 is 2.33 bits per heavy atom. The molecule has 9 heavy (non-hydrogen) atoms. The van der Waals surface area contributed by atoms with Crippen LogP contribution in [0.2, 0.25) is 0 Å². The fraction of sp³-hybridized carbons (Fsp3) is 0.833. The van der Waals surface area contributed by atoms with Crippen molar-refractivity contribution < 1.29 is 4.79 Å². The lowest BCUT2D eigenvalue weighted by atomic mass is 10.1. The van der Waals surface area contributed by atoms with Gasteiger partial charge in [-0.15, -0.1) is 0 Å². The molecule has 1 atom stereocenters. The number of hydrogen-bond acceptors (Lipinski definition) is 1. The van der Waals surface area contributed by atoms with Crippen LogP contribution in [0.5, 0.6) is 0 Å². The zero-order valence-electron chi connectivity index (χ0n) is 5.77. The van der Waals surface area contributed by atoms with Gasteiger partial charge in [0, 0.05) is 6.54 Å². The Morgan fingerprint density at radius 3 is 2.56 bits per heavy atom. The van der Waals surface area contributed by atoms with E-state index in [4.69, 9.17) is 0 Å². The van der Waals surface area contributed by atoms with Gasteiger partial charge >= 0.3 is 6.03 Å². The second-order valence-corrected chi connectivity index (χ2v) is 2.70. The van der Waals surface area contributed by atoms with E-state index >= 15 is 0 Å². The summed E-state index contributed by atoms with van der Waals surface area (Å²) in [4.78, 5) is 10.5. The fourth-order valence-electron chi connectivity index (χ4n) is 0.875. The fourth-order valence-corrected chi connectivity index (χ4v) is 0.875. The van der Waals surface area contributed by atoms with Crippen molar-refractivity contribution >= 4 is 6.03 Å². The van der Waals surface area contributed by atoms with Crippen LogP contribution in [-0.2, 0) is 0 Å². The predicted molar refractivity (Wildman–Crippen MR) is 35.2 cm³/mol. The van der Waals surface area contributed by atoms with E-state index < -0.39 is 0 Å². The van der Waals surface area contributed by atoms with Crippen molar-refractivity contribution in [3.63, 3.8) is 0 Å². The van der Waals surface area contributed by atoms with Crippen LogP contribution in [-0.4, -0.2) is 18.6 Å². The average Bonchev–Trinajstić information content (AvgIpc) is 2.14. The average molecular weight is 128 g/mol. The maximum atomic E-state index is 10.5. The summed E-state index contributed by atoms with van der Waals surface area (Å²) in [5, 5.41) is 5.50. The molecule has 0 saturated carbocycles. The van der Waals surface area contributed by atoms with Gasteiger partial charge in [-0.05, 0) is 5.92 Å². The minimum atomic E-state index is -0.0336. The Bertz CT molecular complexity index is 122. The zero-order chi connectivity index (χ0) is 6.85. The molecule has 1 heterocycles. The quantitative estimate of drug-likeness (QED) is 0.524. The van der Waals surface area contributed by atoms with Crippen LogP contribution in [0.25, 0.3) is 0 Å². The van der Waals surface area contributed by atoms with Gasteiger partial charge in [0.25, 0.3) is 0 Å². The molecule has 2 amide bonds. The van der Waals surface area contributed by atoms with Crippen molar-refractivity contribution in [2.24, 2.45) is 5.92 Å². The second-order valence-electron chi connectivity index (χ2n) is 2.70. The molecule has 0 bridgehead atoms. The molecule has 1 fully saturated rings. The van der Waals surface area contributed by atoms with Crippen LogP contribution in [0.4, 0.5) is 4.79 Å². The minimum absolute atomic E-state index is 0.0336. The van der Waals surface area contributed by atoms with Gasteiger partial charge in [0.05, 0.1) is 6.04 Å². The van der Waals surface area contributed by atoms with E-state index in [1.807, 2.05) is 0 Å². The van der Waals surface area contributed by atoms with Gasteiger partial charge in [0.15, 0.2) is 0 Å². The standard InChI is InChI=1S/C6H12N2O/c1-4(2)5-3-7-6(9)8-5/h4-5H,3H2,1-2H3,(H2,7,8,9)/t5-/m1/s1. The summed E-state index contributed by atoms with van der Waals surface area (Å²) in [5.74, 6) is 0.531. The molecule has 0 aliphatic carbocycles. The maximum Gasteiger partial charge on any atom is 0.315 e. The molecule has 1 saturated heterocycles. The lowest BCUT2D eigenvalue weighted by Crippen LogP contribution is -2.30. The molecule has 1 aliphatic heterocycles. The van der Waals surface area contributed by atoms with Gasteiger partial charge in [0.2, 0.25) is 0 Å². The van der Waals surface area contributed by atoms with Crippen molar-refractivity contribution in [1.82, 2.24) is 10.6 Å². The smallest absolute Gasteiger partial charge is 0.315 e. The topological polar surface area (TPSA) is 41.1 Å². The molecule has 3 nitrogen and oxygen atoms in total. The molecule has 52 valence electrons. The van der Waals surface area contributed by atoms with Gasteiger partial charge in [-0.3, -0.25) is 0 Å². The van der Waals surface area contributed by atoms with Crippen molar-refractivity contribution in [3.05, 3.63) is 0 Å². The van der Waals surface area contributed by atoms with Gasteiger partial charge < -0.3 is 10.6 Å². The molecule has 1 rings (SSSR count). The zero-order valence-corrected chi connectivity index (χ0v) is 5.77. The number of carbonyl (C=O) groups excluding carboxylic acids is 1. The van der Waals surface area contributed by atoms with Crippen LogP contribution in [0.3, 0.4) is 0 Å². The summed E-state index contributed by atoms with van der Waals surface area (Å²) in [6, 6.07) is 0.297. The number of amides is 2. The number of urea groups is 1. The third-order valence-electron chi connectivity index (χ3n) is 1.60. The molecule has 1 aliphatic rings. The van der Waals surface area contributed by atoms with Crippen LogP contribution >= 0.6 is 0 Å². The van der Waals surface area contributed by atoms with Gasteiger partial charge in [0.1, 0.15) is 0 Å². The van der Waals surface area contributed by atoms with Crippen molar-refractivity contribution in [1.29, 1.82) is 0 Å². The lowest BCUT2D eigenvalue weighted by molar-refractivity contribution is 0.246. The molecule has 0 radical (unpaired) electrons. The summed E-state index contributed by atoms with van der Waals surface area (Å²) in [7, 11) is 0. The summed E-state index contributed by atoms with van der Waals surface area (Å²) < 4.78 is 0. The number of nitrogens with one attached hydrogen (secondary N) is 2. The van der Waals surface area contributed by atoms with Gasteiger partial charge in [-0.2, -0.15) is 0 Å². The first kappa shape index (κ1) is 6.39. The van der Waals surface area contributed by atoms with E-state index in [0.717, 1.165) is 6.54 Å². The molecular weight excluding hydrogens is 116 g/mol. The van der Waals surface area contributed by atoms with E-state index in [1.54, 1.807) is 0 Å². The summed E-state index contributed by atoms with van der Waals surface area (Å²) in [6.07, 6.45) is 0. The van der Waals surface area contributed by atoms with E-state index in [-0.39, 0.29) is 6.03 Å².